The van der Waals surface area contributed by atoms with E-state index in [9.17, 15) is 8.42 Å². The lowest BCUT2D eigenvalue weighted by atomic mass is 10.1. The van der Waals surface area contributed by atoms with E-state index in [1.54, 1.807) is 18.5 Å². The van der Waals surface area contributed by atoms with E-state index in [4.69, 9.17) is 0 Å². The van der Waals surface area contributed by atoms with E-state index in [1.165, 1.54) is 0 Å². The predicted octanol–water partition coefficient (Wildman–Crippen LogP) is 1.72. The van der Waals surface area contributed by atoms with Gasteiger partial charge in [-0.15, -0.1) is 0 Å². The maximum Gasteiger partial charge on any atom is 0.157 e. The second-order valence-electron chi connectivity index (χ2n) is 3.64. The molecule has 1 atom stereocenters. The Kier molecular flexibility index (Phi) is 2.54. The first-order valence-corrected chi connectivity index (χ1v) is 6.53. The Hall–Kier alpha value is -0.900. The van der Waals surface area contributed by atoms with E-state index in [1.807, 2.05) is 6.07 Å². The van der Waals surface area contributed by atoms with Crippen LogP contribution in [-0.2, 0) is 9.84 Å². The van der Waals surface area contributed by atoms with Gasteiger partial charge in [0.15, 0.2) is 9.84 Å². The van der Waals surface area contributed by atoms with Crippen LogP contribution in [0.2, 0.25) is 0 Å². The Morgan fingerprint density at radius 1 is 1.36 bits per heavy atom. The van der Waals surface area contributed by atoms with Crippen LogP contribution in [0.15, 0.2) is 24.5 Å². The van der Waals surface area contributed by atoms with Gasteiger partial charge in [-0.05, 0) is 24.5 Å². The van der Waals surface area contributed by atoms with Crippen molar-refractivity contribution in [3.05, 3.63) is 30.1 Å². The molecule has 0 radical (unpaired) electrons. The molecule has 2 heterocycles. The van der Waals surface area contributed by atoms with Gasteiger partial charge in [-0.2, -0.15) is 0 Å². The molecule has 1 aliphatic heterocycles. The van der Waals surface area contributed by atoms with Crippen molar-refractivity contribution < 1.29 is 8.42 Å². The van der Waals surface area contributed by atoms with Gasteiger partial charge in [0.2, 0.25) is 0 Å². The van der Waals surface area contributed by atoms with Crippen LogP contribution in [0.3, 0.4) is 0 Å². The molecule has 1 aromatic heterocycles. The van der Waals surface area contributed by atoms with Crippen molar-refractivity contribution in [1.29, 1.82) is 0 Å². The molecule has 1 aliphatic rings. The summed E-state index contributed by atoms with van der Waals surface area (Å²) >= 11 is 0. The summed E-state index contributed by atoms with van der Waals surface area (Å²) < 4.78 is 23.5. The van der Waals surface area contributed by atoms with Gasteiger partial charge in [-0.1, -0.05) is 12.5 Å². The summed E-state index contributed by atoms with van der Waals surface area (Å²) in [5.41, 5.74) is 0.840. The van der Waals surface area contributed by atoms with Crippen LogP contribution < -0.4 is 0 Å². The molecule has 0 N–H and O–H groups in total. The second-order valence-corrected chi connectivity index (χ2v) is 5.94. The standard InChI is InChI=1S/C10H13NO2S/c12-14(13)7-2-1-5-10(14)9-4-3-6-11-8-9/h3-4,6,8,10H,1-2,5,7H2. The van der Waals surface area contributed by atoms with Gasteiger partial charge in [0, 0.05) is 12.4 Å². The van der Waals surface area contributed by atoms with Crippen molar-refractivity contribution in [2.75, 3.05) is 5.75 Å². The van der Waals surface area contributed by atoms with Crippen molar-refractivity contribution in [1.82, 2.24) is 4.98 Å². The molecule has 4 heteroatoms. The molecule has 1 saturated heterocycles. The molecular formula is C10H13NO2S. The zero-order valence-corrected chi connectivity index (χ0v) is 8.70. The first-order chi connectivity index (χ1) is 6.70. The van der Waals surface area contributed by atoms with Gasteiger partial charge in [0.1, 0.15) is 0 Å². The predicted molar refractivity (Wildman–Crippen MR) is 54.6 cm³/mol. The molecule has 0 aliphatic carbocycles. The van der Waals surface area contributed by atoms with E-state index < -0.39 is 9.84 Å². The Morgan fingerprint density at radius 2 is 2.21 bits per heavy atom. The third kappa shape index (κ3) is 1.80. The minimum atomic E-state index is -2.92. The van der Waals surface area contributed by atoms with E-state index in [0.717, 1.165) is 24.8 Å². The van der Waals surface area contributed by atoms with Gasteiger partial charge in [0.25, 0.3) is 0 Å². The molecule has 76 valence electrons. The van der Waals surface area contributed by atoms with Gasteiger partial charge >= 0.3 is 0 Å². The number of aromatic nitrogens is 1. The van der Waals surface area contributed by atoms with Crippen LogP contribution in [0.1, 0.15) is 30.1 Å². The third-order valence-electron chi connectivity index (χ3n) is 2.63. The smallest absolute Gasteiger partial charge is 0.157 e. The fourth-order valence-electron chi connectivity index (χ4n) is 1.90. The van der Waals surface area contributed by atoms with Crippen molar-refractivity contribution in [3.63, 3.8) is 0 Å². The number of pyridine rings is 1. The Morgan fingerprint density at radius 3 is 2.86 bits per heavy atom. The topological polar surface area (TPSA) is 47.0 Å². The maximum atomic E-state index is 11.8. The normalized spacial score (nSPS) is 25.9. The number of rotatable bonds is 1. The Balaban J connectivity index is 2.34. The average Bonchev–Trinajstić information content (AvgIpc) is 2.18. The number of hydrogen-bond acceptors (Lipinski definition) is 3. The van der Waals surface area contributed by atoms with Crippen LogP contribution >= 0.6 is 0 Å². The Bertz CT molecular complexity index is 399. The SMILES string of the molecule is O=S1(=O)CCCCC1c1cccnc1. The highest BCUT2D eigenvalue weighted by atomic mass is 32.2. The minimum absolute atomic E-state index is 0.315. The lowest BCUT2D eigenvalue weighted by Crippen LogP contribution is -2.21. The highest BCUT2D eigenvalue weighted by Gasteiger charge is 2.29. The highest BCUT2D eigenvalue weighted by Crippen LogP contribution is 2.32. The zero-order valence-electron chi connectivity index (χ0n) is 7.89. The average molecular weight is 211 g/mol. The summed E-state index contributed by atoms with van der Waals surface area (Å²) in [6.07, 6.45) is 5.87. The van der Waals surface area contributed by atoms with Crippen molar-refractivity contribution in [2.24, 2.45) is 0 Å². The van der Waals surface area contributed by atoms with E-state index in [0.29, 0.717) is 5.75 Å². The molecule has 1 fully saturated rings. The van der Waals surface area contributed by atoms with Crippen LogP contribution in [0.25, 0.3) is 0 Å². The molecular weight excluding hydrogens is 198 g/mol. The van der Waals surface area contributed by atoms with Gasteiger partial charge in [-0.25, -0.2) is 8.42 Å². The number of hydrogen-bond donors (Lipinski definition) is 0. The third-order valence-corrected chi connectivity index (χ3v) is 4.87. The summed E-state index contributed by atoms with van der Waals surface area (Å²) in [6, 6.07) is 3.64. The van der Waals surface area contributed by atoms with Gasteiger partial charge in [0.05, 0.1) is 11.0 Å². The van der Waals surface area contributed by atoms with Crippen LogP contribution in [0.5, 0.6) is 0 Å². The fourth-order valence-corrected chi connectivity index (χ4v) is 3.87. The zero-order chi connectivity index (χ0) is 10.0. The lowest BCUT2D eigenvalue weighted by molar-refractivity contribution is 0.545. The molecule has 0 spiro atoms. The van der Waals surface area contributed by atoms with E-state index >= 15 is 0 Å². The first kappa shape index (κ1) is 9.65. The number of sulfone groups is 1. The molecule has 14 heavy (non-hydrogen) atoms. The summed E-state index contributed by atoms with van der Waals surface area (Å²) in [5, 5.41) is -0.315. The summed E-state index contributed by atoms with van der Waals surface area (Å²) in [4.78, 5) is 3.96. The molecule has 3 nitrogen and oxygen atoms in total. The second kappa shape index (κ2) is 3.69. The highest BCUT2D eigenvalue weighted by molar-refractivity contribution is 7.91. The molecule has 2 rings (SSSR count). The van der Waals surface area contributed by atoms with Crippen LogP contribution in [0.4, 0.5) is 0 Å². The quantitative estimate of drug-likeness (QED) is 0.710. The largest absolute Gasteiger partial charge is 0.264 e. The summed E-state index contributed by atoms with van der Waals surface area (Å²) in [7, 11) is -2.92. The molecule has 0 saturated carbocycles. The van der Waals surface area contributed by atoms with E-state index in [2.05, 4.69) is 4.98 Å². The molecule has 1 unspecified atom stereocenters. The van der Waals surface area contributed by atoms with Crippen molar-refractivity contribution >= 4 is 9.84 Å². The Labute approximate surface area is 84.1 Å². The first-order valence-electron chi connectivity index (χ1n) is 4.82. The summed E-state index contributed by atoms with van der Waals surface area (Å²) in [6.45, 7) is 0. The molecule has 0 amide bonds. The monoisotopic (exact) mass is 211 g/mol. The van der Waals surface area contributed by atoms with E-state index in [-0.39, 0.29) is 5.25 Å². The van der Waals surface area contributed by atoms with Crippen LogP contribution in [-0.4, -0.2) is 19.2 Å². The molecule has 1 aromatic rings. The number of nitrogens with zero attached hydrogens (tertiary/aromatic N) is 1. The van der Waals surface area contributed by atoms with Crippen LogP contribution in [0, 0.1) is 0 Å². The van der Waals surface area contributed by atoms with Crippen molar-refractivity contribution in [3.8, 4) is 0 Å². The van der Waals surface area contributed by atoms with Gasteiger partial charge < -0.3 is 0 Å². The maximum absolute atomic E-state index is 11.8. The summed E-state index contributed by atoms with van der Waals surface area (Å²) in [5.74, 6) is 0.326. The van der Waals surface area contributed by atoms with Crippen molar-refractivity contribution in [2.45, 2.75) is 24.5 Å². The molecule has 0 bridgehead atoms. The minimum Gasteiger partial charge on any atom is -0.264 e. The fraction of sp³-hybridized carbons (Fsp3) is 0.500. The lowest BCUT2D eigenvalue weighted by Gasteiger charge is -2.21. The van der Waals surface area contributed by atoms with Gasteiger partial charge in [-0.3, -0.25) is 4.98 Å². The molecule has 0 aromatic carbocycles.